The third-order valence-electron chi connectivity index (χ3n) is 4.77. The van der Waals surface area contributed by atoms with Crippen molar-refractivity contribution in [3.63, 3.8) is 0 Å². The molecule has 1 fully saturated rings. The number of hydrogen-bond acceptors (Lipinski definition) is 3. The monoisotopic (exact) mass is 269 g/mol. The molecule has 0 aliphatic heterocycles. The predicted molar refractivity (Wildman–Crippen MR) is 84.4 cm³/mol. The first kappa shape index (κ1) is 16.9. The second kappa shape index (κ2) is 8.93. The minimum absolute atomic E-state index is 0.611. The Morgan fingerprint density at radius 2 is 1.74 bits per heavy atom. The Hall–Kier alpha value is -0.120. The summed E-state index contributed by atoms with van der Waals surface area (Å²) in [6, 6.07) is 0.611. The van der Waals surface area contributed by atoms with Crippen LogP contribution in [0, 0.1) is 11.8 Å². The Balaban J connectivity index is 2.45. The van der Waals surface area contributed by atoms with E-state index < -0.39 is 0 Å². The Bertz CT molecular complexity index is 222. The van der Waals surface area contributed by atoms with Crippen LogP contribution < -0.4 is 5.73 Å². The zero-order chi connectivity index (χ0) is 14.3. The lowest BCUT2D eigenvalue weighted by molar-refractivity contribution is 0.113. The molecule has 0 spiro atoms. The quantitative estimate of drug-likeness (QED) is 0.734. The van der Waals surface area contributed by atoms with Gasteiger partial charge in [-0.15, -0.1) is 0 Å². The largest absolute Gasteiger partial charge is 0.329 e. The predicted octanol–water partition coefficient (Wildman–Crippen LogP) is 2.41. The topological polar surface area (TPSA) is 32.5 Å². The number of nitrogens with zero attached hydrogens (tertiary/aromatic N) is 2. The van der Waals surface area contributed by atoms with Gasteiger partial charge in [0.2, 0.25) is 0 Å². The molecule has 1 rings (SSSR count). The summed E-state index contributed by atoms with van der Waals surface area (Å²) in [5.74, 6) is 1.76. The molecule has 3 nitrogen and oxygen atoms in total. The van der Waals surface area contributed by atoms with E-state index in [4.69, 9.17) is 5.73 Å². The van der Waals surface area contributed by atoms with Gasteiger partial charge in [-0.1, -0.05) is 26.7 Å². The molecule has 1 saturated carbocycles. The highest BCUT2D eigenvalue weighted by atomic mass is 15.2. The second-order valence-corrected chi connectivity index (χ2v) is 6.61. The molecule has 114 valence electrons. The van der Waals surface area contributed by atoms with Gasteiger partial charge in [0, 0.05) is 12.6 Å². The third-order valence-corrected chi connectivity index (χ3v) is 4.77. The first-order valence-electron chi connectivity index (χ1n) is 8.17. The summed E-state index contributed by atoms with van der Waals surface area (Å²) in [5.41, 5.74) is 6.09. The molecule has 3 heteroatoms. The summed E-state index contributed by atoms with van der Waals surface area (Å²) in [5, 5.41) is 0. The van der Waals surface area contributed by atoms with E-state index in [1.165, 1.54) is 45.2 Å². The van der Waals surface area contributed by atoms with Crippen LogP contribution in [0.4, 0.5) is 0 Å². The van der Waals surface area contributed by atoms with Crippen molar-refractivity contribution in [1.29, 1.82) is 0 Å². The van der Waals surface area contributed by atoms with Gasteiger partial charge in [0.1, 0.15) is 0 Å². The van der Waals surface area contributed by atoms with Crippen LogP contribution in [-0.2, 0) is 0 Å². The molecule has 1 unspecified atom stereocenters. The van der Waals surface area contributed by atoms with Crippen molar-refractivity contribution < 1.29 is 0 Å². The summed E-state index contributed by atoms with van der Waals surface area (Å²) in [7, 11) is 4.30. The molecular formula is C16H35N3. The van der Waals surface area contributed by atoms with Crippen LogP contribution in [-0.4, -0.2) is 56.1 Å². The van der Waals surface area contributed by atoms with Crippen molar-refractivity contribution in [3.8, 4) is 0 Å². The van der Waals surface area contributed by atoms with Gasteiger partial charge >= 0.3 is 0 Å². The highest BCUT2D eigenvalue weighted by molar-refractivity contribution is 4.83. The Kier molecular flexibility index (Phi) is 7.96. The molecule has 0 aromatic rings. The lowest BCUT2D eigenvalue weighted by atomic mass is 9.78. The Morgan fingerprint density at radius 1 is 1.11 bits per heavy atom. The van der Waals surface area contributed by atoms with E-state index in [0.29, 0.717) is 6.04 Å². The zero-order valence-electron chi connectivity index (χ0n) is 13.6. The summed E-state index contributed by atoms with van der Waals surface area (Å²) < 4.78 is 0. The summed E-state index contributed by atoms with van der Waals surface area (Å²) >= 11 is 0. The van der Waals surface area contributed by atoms with Gasteiger partial charge < -0.3 is 10.6 Å². The molecule has 0 radical (unpaired) electrons. The van der Waals surface area contributed by atoms with Crippen LogP contribution >= 0.6 is 0 Å². The fraction of sp³-hybridized carbons (Fsp3) is 1.00. The van der Waals surface area contributed by atoms with Crippen LogP contribution in [0.3, 0.4) is 0 Å². The first-order chi connectivity index (χ1) is 9.08. The number of nitrogens with two attached hydrogens (primary N) is 1. The Labute approximate surface area is 120 Å². The van der Waals surface area contributed by atoms with Crippen molar-refractivity contribution in [2.45, 2.75) is 52.0 Å². The Morgan fingerprint density at radius 3 is 2.21 bits per heavy atom. The van der Waals surface area contributed by atoms with Gasteiger partial charge in [0.15, 0.2) is 0 Å². The number of likely N-dealkylation sites (N-methyl/N-ethyl adjacent to an activating group) is 1. The van der Waals surface area contributed by atoms with Crippen LogP contribution in [0.25, 0.3) is 0 Å². The third kappa shape index (κ3) is 5.80. The molecule has 0 heterocycles. The molecule has 19 heavy (non-hydrogen) atoms. The summed E-state index contributed by atoms with van der Waals surface area (Å²) in [6.07, 6.45) is 6.81. The SMILES string of the molecule is CCN(CCCN(C)C)C(CN)C1CCC(C)CC1. The lowest BCUT2D eigenvalue weighted by Gasteiger charge is -2.39. The fourth-order valence-corrected chi connectivity index (χ4v) is 3.46. The van der Waals surface area contributed by atoms with Gasteiger partial charge in [-0.3, -0.25) is 4.90 Å². The van der Waals surface area contributed by atoms with Crippen molar-refractivity contribution in [2.75, 3.05) is 40.3 Å². The van der Waals surface area contributed by atoms with Crippen molar-refractivity contribution in [3.05, 3.63) is 0 Å². The normalized spacial score (nSPS) is 26.1. The first-order valence-corrected chi connectivity index (χ1v) is 8.17. The van der Waals surface area contributed by atoms with Gasteiger partial charge in [0.25, 0.3) is 0 Å². The van der Waals surface area contributed by atoms with E-state index in [9.17, 15) is 0 Å². The summed E-state index contributed by atoms with van der Waals surface area (Å²) in [6.45, 7) is 9.01. The number of hydrogen-bond donors (Lipinski definition) is 1. The van der Waals surface area contributed by atoms with Gasteiger partial charge in [0.05, 0.1) is 0 Å². The van der Waals surface area contributed by atoms with Crippen LogP contribution in [0.2, 0.25) is 0 Å². The van der Waals surface area contributed by atoms with Crippen molar-refractivity contribution >= 4 is 0 Å². The van der Waals surface area contributed by atoms with E-state index >= 15 is 0 Å². The maximum absolute atomic E-state index is 6.09. The maximum atomic E-state index is 6.09. The van der Waals surface area contributed by atoms with E-state index in [1.807, 2.05) is 0 Å². The molecule has 0 aromatic carbocycles. The average Bonchev–Trinajstić information content (AvgIpc) is 2.39. The number of rotatable bonds is 8. The lowest BCUT2D eigenvalue weighted by Crippen LogP contribution is -2.47. The van der Waals surface area contributed by atoms with Crippen LogP contribution in [0.5, 0.6) is 0 Å². The van der Waals surface area contributed by atoms with Crippen LogP contribution in [0.15, 0.2) is 0 Å². The van der Waals surface area contributed by atoms with Gasteiger partial charge in [-0.25, -0.2) is 0 Å². The molecule has 1 aliphatic carbocycles. The van der Waals surface area contributed by atoms with Crippen molar-refractivity contribution in [2.24, 2.45) is 17.6 Å². The molecule has 2 N–H and O–H groups in total. The van der Waals surface area contributed by atoms with E-state index in [-0.39, 0.29) is 0 Å². The fourth-order valence-electron chi connectivity index (χ4n) is 3.46. The molecule has 0 saturated heterocycles. The van der Waals surface area contributed by atoms with E-state index in [0.717, 1.165) is 24.9 Å². The standard InChI is InChI=1S/C16H35N3/c1-5-19(12-6-11-18(3)4)16(13-17)15-9-7-14(2)8-10-15/h14-16H,5-13,17H2,1-4H3. The molecule has 1 atom stereocenters. The van der Waals surface area contributed by atoms with Crippen molar-refractivity contribution in [1.82, 2.24) is 9.80 Å². The molecule has 0 bridgehead atoms. The zero-order valence-corrected chi connectivity index (χ0v) is 13.6. The highest BCUT2D eigenvalue weighted by Crippen LogP contribution is 2.32. The van der Waals surface area contributed by atoms with E-state index in [1.54, 1.807) is 0 Å². The maximum Gasteiger partial charge on any atom is 0.0246 e. The van der Waals surface area contributed by atoms with Crippen LogP contribution in [0.1, 0.15) is 46.0 Å². The molecular weight excluding hydrogens is 234 g/mol. The highest BCUT2D eigenvalue weighted by Gasteiger charge is 2.28. The second-order valence-electron chi connectivity index (χ2n) is 6.61. The molecule has 0 amide bonds. The summed E-state index contributed by atoms with van der Waals surface area (Å²) in [4.78, 5) is 4.90. The smallest absolute Gasteiger partial charge is 0.0246 e. The van der Waals surface area contributed by atoms with E-state index in [2.05, 4.69) is 37.7 Å². The minimum atomic E-state index is 0.611. The molecule has 1 aliphatic rings. The molecule has 0 aromatic heterocycles. The van der Waals surface area contributed by atoms with Gasteiger partial charge in [-0.2, -0.15) is 0 Å². The average molecular weight is 269 g/mol. The van der Waals surface area contributed by atoms with Gasteiger partial charge in [-0.05, 0) is 64.8 Å². The minimum Gasteiger partial charge on any atom is -0.329 e.